The molecule has 100 valence electrons. The Balaban J connectivity index is 2.80. The van der Waals surface area contributed by atoms with Crippen molar-refractivity contribution in [1.29, 1.82) is 0 Å². The van der Waals surface area contributed by atoms with E-state index in [9.17, 15) is 13.2 Å². The van der Waals surface area contributed by atoms with Crippen LogP contribution in [0.25, 0.3) is 0 Å². The van der Waals surface area contributed by atoms with Crippen molar-refractivity contribution < 1.29 is 13.2 Å². The van der Waals surface area contributed by atoms with E-state index in [1.807, 2.05) is 0 Å². The van der Waals surface area contributed by atoms with Gasteiger partial charge in [0, 0.05) is 26.0 Å². The van der Waals surface area contributed by atoms with Crippen molar-refractivity contribution >= 4 is 21.4 Å². The molecule has 0 radical (unpaired) electrons. The van der Waals surface area contributed by atoms with Crippen LogP contribution in [0.1, 0.15) is 10.4 Å². The molecule has 0 spiro atoms. The number of anilines is 1. The Kier molecular flexibility index (Phi) is 4.62. The van der Waals surface area contributed by atoms with Gasteiger partial charge >= 0.3 is 0 Å². The maximum atomic E-state index is 12.0. The van der Waals surface area contributed by atoms with Crippen LogP contribution >= 0.6 is 0 Å². The van der Waals surface area contributed by atoms with E-state index in [-0.39, 0.29) is 18.2 Å². The molecule has 0 aliphatic rings. The maximum Gasteiger partial charge on any atom is 0.255 e. The normalized spacial score (nSPS) is 11.1. The van der Waals surface area contributed by atoms with Crippen molar-refractivity contribution in [3.8, 4) is 0 Å². The number of amides is 1. The van der Waals surface area contributed by atoms with Crippen molar-refractivity contribution in [1.82, 2.24) is 9.88 Å². The van der Waals surface area contributed by atoms with Gasteiger partial charge in [-0.3, -0.25) is 15.6 Å². The van der Waals surface area contributed by atoms with E-state index in [4.69, 9.17) is 5.84 Å². The summed E-state index contributed by atoms with van der Waals surface area (Å²) < 4.78 is 22.1. The summed E-state index contributed by atoms with van der Waals surface area (Å²) in [5, 5.41) is 0. The van der Waals surface area contributed by atoms with Gasteiger partial charge in [0.15, 0.2) is 0 Å². The van der Waals surface area contributed by atoms with Gasteiger partial charge in [-0.1, -0.05) is 0 Å². The second-order valence-corrected chi connectivity index (χ2v) is 6.18. The molecule has 0 atom stereocenters. The molecule has 1 aromatic heterocycles. The molecular weight excluding hydrogens is 256 g/mol. The van der Waals surface area contributed by atoms with Crippen molar-refractivity contribution in [3.05, 3.63) is 24.0 Å². The van der Waals surface area contributed by atoms with Gasteiger partial charge in [-0.2, -0.15) is 0 Å². The number of nitrogens with one attached hydrogen (secondary N) is 1. The standard InChI is InChI=1S/C10H16N4O3S/c1-14(5-6-18(2,16)17)10(15)8-3-4-12-7-9(8)13-11/h3-4,7,13H,5-6,11H2,1-2H3. The molecule has 7 nitrogen and oxygen atoms in total. The fraction of sp³-hybridized carbons (Fsp3) is 0.400. The number of rotatable bonds is 5. The van der Waals surface area contributed by atoms with Crippen LogP contribution in [0.4, 0.5) is 5.69 Å². The van der Waals surface area contributed by atoms with E-state index < -0.39 is 9.84 Å². The number of carbonyl (C=O) groups is 1. The molecule has 0 aromatic carbocycles. The Morgan fingerprint density at radius 3 is 2.78 bits per heavy atom. The summed E-state index contributed by atoms with van der Waals surface area (Å²) in [6, 6.07) is 1.52. The van der Waals surface area contributed by atoms with Crippen LogP contribution in [0, 0.1) is 0 Å². The zero-order chi connectivity index (χ0) is 13.8. The van der Waals surface area contributed by atoms with Crippen LogP contribution in [-0.4, -0.2) is 49.8 Å². The van der Waals surface area contributed by atoms with Gasteiger partial charge in [0.25, 0.3) is 5.91 Å². The Hall–Kier alpha value is -1.67. The topological polar surface area (TPSA) is 105 Å². The van der Waals surface area contributed by atoms with E-state index >= 15 is 0 Å². The number of hydrogen-bond donors (Lipinski definition) is 2. The largest absolute Gasteiger partial charge is 0.341 e. The van der Waals surface area contributed by atoms with Gasteiger partial charge in [-0.25, -0.2) is 8.42 Å². The highest BCUT2D eigenvalue weighted by Crippen LogP contribution is 2.13. The third-order valence-electron chi connectivity index (χ3n) is 2.35. The Morgan fingerprint density at radius 2 is 2.22 bits per heavy atom. The number of pyridine rings is 1. The van der Waals surface area contributed by atoms with Crippen LogP contribution in [-0.2, 0) is 9.84 Å². The van der Waals surface area contributed by atoms with E-state index in [0.717, 1.165) is 6.26 Å². The quantitative estimate of drug-likeness (QED) is 0.552. The van der Waals surface area contributed by atoms with Gasteiger partial charge in [-0.05, 0) is 6.07 Å². The predicted molar refractivity (Wildman–Crippen MR) is 68.7 cm³/mol. The summed E-state index contributed by atoms with van der Waals surface area (Å²) in [7, 11) is -1.56. The zero-order valence-electron chi connectivity index (χ0n) is 10.3. The fourth-order valence-corrected chi connectivity index (χ4v) is 1.91. The first-order chi connectivity index (χ1) is 8.35. The monoisotopic (exact) mass is 272 g/mol. The predicted octanol–water partition coefficient (Wildman–Crippen LogP) is -0.516. The highest BCUT2D eigenvalue weighted by atomic mass is 32.2. The summed E-state index contributed by atoms with van der Waals surface area (Å²) >= 11 is 0. The molecule has 1 rings (SSSR count). The Bertz CT molecular complexity index is 530. The lowest BCUT2D eigenvalue weighted by atomic mass is 10.2. The van der Waals surface area contributed by atoms with Crippen LogP contribution in [0.3, 0.4) is 0 Å². The summed E-state index contributed by atoms with van der Waals surface area (Å²) in [5.74, 6) is 4.89. The first kappa shape index (κ1) is 14.4. The molecule has 0 fully saturated rings. The van der Waals surface area contributed by atoms with Crippen molar-refractivity contribution in [3.63, 3.8) is 0 Å². The molecule has 0 unspecified atom stereocenters. The Labute approximate surface area is 106 Å². The lowest BCUT2D eigenvalue weighted by Gasteiger charge is -2.18. The minimum atomic E-state index is -3.10. The van der Waals surface area contributed by atoms with Crippen LogP contribution in [0.15, 0.2) is 18.5 Å². The zero-order valence-corrected chi connectivity index (χ0v) is 11.1. The second-order valence-electron chi connectivity index (χ2n) is 3.92. The average Bonchev–Trinajstić information content (AvgIpc) is 2.34. The van der Waals surface area contributed by atoms with Gasteiger partial charge in [-0.15, -0.1) is 0 Å². The molecule has 3 N–H and O–H groups in total. The molecule has 1 heterocycles. The maximum absolute atomic E-state index is 12.0. The SMILES string of the molecule is CN(CCS(C)(=O)=O)C(=O)c1ccncc1NN. The van der Waals surface area contributed by atoms with Crippen LogP contribution in [0.2, 0.25) is 0 Å². The fourth-order valence-electron chi connectivity index (χ4n) is 1.31. The van der Waals surface area contributed by atoms with Crippen LogP contribution < -0.4 is 11.3 Å². The van der Waals surface area contributed by atoms with E-state index in [1.165, 1.54) is 30.4 Å². The summed E-state index contributed by atoms with van der Waals surface area (Å²) in [4.78, 5) is 17.2. The lowest BCUT2D eigenvalue weighted by Crippen LogP contribution is -2.32. The van der Waals surface area contributed by atoms with Gasteiger partial charge in [0.1, 0.15) is 9.84 Å². The highest BCUT2D eigenvalue weighted by Gasteiger charge is 2.16. The number of nitrogen functional groups attached to an aromatic ring is 1. The lowest BCUT2D eigenvalue weighted by molar-refractivity contribution is 0.0804. The summed E-state index contributed by atoms with van der Waals surface area (Å²) in [6.45, 7) is 0.129. The number of hydrazine groups is 1. The van der Waals surface area contributed by atoms with Crippen molar-refractivity contribution in [2.75, 3.05) is 31.0 Å². The molecule has 0 saturated carbocycles. The molecule has 0 aliphatic carbocycles. The number of hydrogen-bond acceptors (Lipinski definition) is 6. The molecule has 0 saturated heterocycles. The molecular formula is C10H16N4O3S. The van der Waals surface area contributed by atoms with E-state index in [2.05, 4.69) is 10.4 Å². The minimum absolute atomic E-state index is 0.0777. The summed E-state index contributed by atoms with van der Waals surface area (Å²) in [5.41, 5.74) is 3.12. The highest BCUT2D eigenvalue weighted by molar-refractivity contribution is 7.90. The van der Waals surface area contributed by atoms with E-state index in [1.54, 1.807) is 0 Å². The second kappa shape index (κ2) is 5.78. The smallest absolute Gasteiger partial charge is 0.255 e. The third-order valence-corrected chi connectivity index (χ3v) is 3.28. The average molecular weight is 272 g/mol. The van der Waals surface area contributed by atoms with Crippen molar-refractivity contribution in [2.24, 2.45) is 5.84 Å². The minimum Gasteiger partial charge on any atom is -0.341 e. The molecule has 8 heteroatoms. The molecule has 0 bridgehead atoms. The molecule has 1 aromatic rings. The molecule has 1 amide bonds. The molecule has 0 aliphatic heterocycles. The Morgan fingerprint density at radius 1 is 1.56 bits per heavy atom. The van der Waals surface area contributed by atoms with Gasteiger partial charge < -0.3 is 10.3 Å². The molecule has 18 heavy (non-hydrogen) atoms. The van der Waals surface area contributed by atoms with Crippen LogP contribution in [0.5, 0.6) is 0 Å². The van der Waals surface area contributed by atoms with Crippen molar-refractivity contribution in [2.45, 2.75) is 0 Å². The summed E-state index contributed by atoms with van der Waals surface area (Å²) in [6.07, 6.45) is 4.03. The number of carbonyl (C=O) groups excluding carboxylic acids is 1. The number of aromatic nitrogens is 1. The first-order valence-electron chi connectivity index (χ1n) is 5.19. The van der Waals surface area contributed by atoms with E-state index in [0.29, 0.717) is 11.3 Å². The number of nitrogens with zero attached hydrogens (tertiary/aromatic N) is 2. The van der Waals surface area contributed by atoms with Gasteiger partial charge in [0.05, 0.1) is 23.2 Å². The third kappa shape index (κ3) is 3.97. The van der Waals surface area contributed by atoms with Gasteiger partial charge in [0.2, 0.25) is 0 Å². The number of sulfone groups is 1. The number of nitrogens with two attached hydrogens (primary N) is 1. The first-order valence-corrected chi connectivity index (χ1v) is 7.25.